The Morgan fingerprint density at radius 1 is 1.43 bits per heavy atom. The average Bonchev–Trinajstić information content (AvgIpc) is 2.43. The number of nitrogens with two attached hydrogens (primary N) is 1. The third-order valence-electron chi connectivity index (χ3n) is 4.18. The first-order valence-corrected chi connectivity index (χ1v) is 7.75. The van der Waals surface area contributed by atoms with Gasteiger partial charge in [0, 0.05) is 24.2 Å². The lowest BCUT2D eigenvalue weighted by molar-refractivity contribution is -0.121. The third kappa shape index (κ3) is 4.51. The zero-order valence-electron chi connectivity index (χ0n) is 12.6. The smallest absolute Gasteiger partial charge is 0.224 e. The van der Waals surface area contributed by atoms with Crippen LogP contribution >= 0.6 is 12.2 Å². The van der Waals surface area contributed by atoms with Crippen LogP contribution in [-0.4, -0.2) is 41.5 Å². The number of thiocarbonyl (C=S) groups is 1. The van der Waals surface area contributed by atoms with Crippen LogP contribution in [0.25, 0.3) is 0 Å². The highest BCUT2D eigenvalue weighted by Gasteiger charge is 2.23. The zero-order valence-corrected chi connectivity index (χ0v) is 13.5. The van der Waals surface area contributed by atoms with Gasteiger partial charge in [-0.25, -0.2) is 0 Å². The number of hydrogen-bond acceptors (Lipinski definition) is 3. The Bertz CT molecular complexity index is 515. The molecule has 0 aliphatic carbocycles. The Labute approximate surface area is 131 Å². The van der Waals surface area contributed by atoms with Crippen LogP contribution in [0.4, 0.5) is 0 Å². The molecule has 0 aromatic heterocycles. The zero-order chi connectivity index (χ0) is 15.4. The first kappa shape index (κ1) is 15.9. The molecule has 1 amide bonds. The van der Waals surface area contributed by atoms with Crippen LogP contribution in [0.15, 0.2) is 24.3 Å². The quantitative estimate of drug-likeness (QED) is 0.827. The van der Waals surface area contributed by atoms with Crippen molar-refractivity contribution in [3.05, 3.63) is 35.4 Å². The average molecular weight is 305 g/mol. The molecular formula is C16H23N3OS. The standard InChI is InChI=1S/C16H23N3OS/c1-11-9-14(7-8-19(11)2)18-15(20)10-12-3-5-13(6-4-12)16(17)21/h3-6,11,14H,7-10H2,1-2H3,(H2,17,21)(H,18,20). The molecule has 5 heteroatoms. The van der Waals surface area contributed by atoms with Gasteiger partial charge in [0.05, 0.1) is 6.42 Å². The number of benzene rings is 1. The molecule has 1 fully saturated rings. The minimum absolute atomic E-state index is 0.0832. The van der Waals surface area contributed by atoms with E-state index in [0.29, 0.717) is 23.5 Å². The number of rotatable bonds is 4. The van der Waals surface area contributed by atoms with E-state index in [2.05, 4.69) is 24.2 Å². The van der Waals surface area contributed by atoms with Gasteiger partial charge in [-0.15, -0.1) is 0 Å². The van der Waals surface area contributed by atoms with E-state index < -0.39 is 0 Å². The Kier molecular flexibility index (Phi) is 5.31. The highest BCUT2D eigenvalue weighted by molar-refractivity contribution is 7.80. The van der Waals surface area contributed by atoms with Crippen molar-refractivity contribution in [2.45, 2.75) is 38.3 Å². The Morgan fingerprint density at radius 3 is 2.67 bits per heavy atom. The molecule has 3 N–H and O–H groups in total. The molecule has 114 valence electrons. The maximum absolute atomic E-state index is 12.1. The van der Waals surface area contributed by atoms with Crippen molar-refractivity contribution in [3.8, 4) is 0 Å². The predicted octanol–water partition coefficient (Wildman–Crippen LogP) is 1.46. The van der Waals surface area contributed by atoms with Crippen LogP contribution < -0.4 is 11.1 Å². The van der Waals surface area contributed by atoms with E-state index in [1.165, 1.54) is 0 Å². The lowest BCUT2D eigenvalue weighted by Gasteiger charge is -2.35. The molecule has 1 aliphatic heterocycles. The molecule has 2 unspecified atom stereocenters. The highest BCUT2D eigenvalue weighted by atomic mass is 32.1. The molecule has 0 radical (unpaired) electrons. The van der Waals surface area contributed by atoms with E-state index in [0.717, 1.165) is 30.5 Å². The van der Waals surface area contributed by atoms with Crippen molar-refractivity contribution in [2.24, 2.45) is 5.73 Å². The van der Waals surface area contributed by atoms with Crippen molar-refractivity contribution in [2.75, 3.05) is 13.6 Å². The predicted molar refractivity (Wildman–Crippen MR) is 89.3 cm³/mol. The molecule has 2 rings (SSSR count). The van der Waals surface area contributed by atoms with Crippen molar-refractivity contribution in [3.63, 3.8) is 0 Å². The van der Waals surface area contributed by atoms with Gasteiger partial charge in [-0.3, -0.25) is 4.79 Å². The number of nitrogens with zero attached hydrogens (tertiary/aromatic N) is 1. The van der Waals surface area contributed by atoms with Gasteiger partial charge < -0.3 is 16.0 Å². The summed E-state index contributed by atoms with van der Waals surface area (Å²) < 4.78 is 0. The molecule has 1 aliphatic rings. The summed E-state index contributed by atoms with van der Waals surface area (Å²) in [4.78, 5) is 14.8. The molecule has 1 aromatic rings. The van der Waals surface area contributed by atoms with E-state index in [-0.39, 0.29) is 5.91 Å². The SMILES string of the molecule is CC1CC(NC(=O)Cc2ccc(C(N)=S)cc2)CCN1C. The van der Waals surface area contributed by atoms with Crippen LogP contribution in [0.2, 0.25) is 0 Å². The second-order valence-electron chi connectivity index (χ2n) is 5.86. The molecule has 0 bridgehead atoms. The highest BCUT2D eigenvalue weighted by Crippen LogP contribution is 2.15. The lowest BCUT2D eigenvalue weighted by Crippen LogP contribution is -2.47. The molecular weight excluding hydrogens is 282 g/mol. The van der Waals surface area contributed by atoms with Crippen molar-refractivity contribution >= 4 is 23.1 Å². The van der Waals surface area contributed by atoms with Gasteiger partial charge in [0.15, 0.2) is 0 Å². The topological polar surface area (TPSA) is 58.4 Å². The largest absolute Gasteiger partial charge is 0.389 e. The Morgan fingerprint density at radius 2 is 2.10 bits per heavy atom. The monoisotopic (exact) mass is 305 g/mol. The number of carbonyl (C=O) groups excluding carboxylic acids is 1. The van der Waals surface area contributed by atoms with E-state index in [1.54, 1.807) is 0 Å². The second kappa shape index (κ2) is 7.00. The summed E-state index contributed by atoms with van der Waals surface area (Å²) in [5.41, 5.74) is 7.37. The fraction of sp³-hybridized carbons (Fsp3) is 0.500. The van der Waals surface area contributed by atoms with Gasteiger partial charge >= 0.3 is 0 Å². The molecule has 21 heavy (non-hydrogen) atoms. The number of amides is 1. The first-order chi connectivity index (χ1) is 9.95. The summed E-state index contributed by atoms with van der Waals surface area (Å²) in [6, 6.07) is 8.36. The first-order valence-electron chi connectivity index (χ1n) is 7.34. The molecule has 0 spiro atoms. The summed E-state index contributed by atoms with van der Waals surface area (Å²) in [5, 5.41) is 3.14. The summed E-state index contributed by atoms with van der Waals surface area (Å²) >= 11 is 4.92. The van der Waals surface area contributed by atoms with Gasteiger partial charge in [-0.05, 0) is 32.4 Å². The van der Waals surface area contributed by atoms with Crippen LogP contribution in [0, 0.1) is 0 Å². The number of hydrogen-bond donors (Lipinski definition) is 2. The number of likely N-dealkylation sites (tertiary alicyclic amines) is 1. The van der Waals surface area contributed by atoms with E-state index in [9.17, 15) is 4.79 Å². The molecule has 4 nitrogen and oxygen atoms in total. The maximum Gasteiger partial charge on any atom is 0.224 e. The van der Waals surface area contributed by atoms with E-state index >= 15 is 0 Å². The van der Waals surface area contributed by atoms with Crippen LogP contribution in [0.3, 0.4) is 0 Å². The summed E-state index contributed by atoms with van der Waals surface area (Å²) in [6.07, 6.45) is 2.44. The van der Waals surface area contributed by atoms with Crippen LogP contribution in [0.1, 0.15) is 30.9 Å². The van der Waals surface area contributed by atoms with Crippen molar-refractivity contribution in [1.82, 2.24) is 10.2 Å². The fourth-order valence-corrected chi connectivity index (χ4v) is 2.81. The minimum atomic E-state index is 0.0832. The third-order valence-corrected chi connectivity index (χ3v) is 4.41. The molecule has 1 aromatic carbocycles. The fourth-order valence-electron chi connectivity index (χ4n) is 2.67. The van der Waals surface area contributed by atoms with Crippen molar-refractivity contribution < 1.29 is 4.79 Å². The summed E-state index contributed by atoms with van der Waals surface area (Å²) in [6.45, 7) is 3.24. The molecule has 0 saturated carbocycles. The lowest BCUT2D eigenvalue weighted by atomic mass is 9.98. The van der Waals surface area contributed by atoms with E-state index in [4.69, 9.17) is 18.0 Å². The maximum atomic E-state index is 12.1. The summed E-state index contributed by atoms with van der Waals surface area (Å²) in [7, 11) is 2.13. The number of piperidine rings is 1. The van der Waals surface area contributed by atoms with Crippen LogP contribution in [0.5, 0.6) is 0 Å². The minimum Gasteiger partial charge on any atom is -0.389 e. The molecule has 1 heterocycles. The second-order valence-corrected chi connectivity index (χ2v) is 6.30. The van der Waals surface area contributed by atoms with Crippen molar-refractivity contribution in [1.29, 1.82) is 0 Å². The van der Waals surface area contributed by atoms with Gasteiger partial charge in [-0.1, -0.05) is 36.5 Å². The van der Waals surface area contributed by atoms with Gasteiger partial charge in [0.1, 0.15) is 4.99 Å². The Hall–Kier alpha value is -1.46. The molecule has 1 saturated heterocycles. The normalized spacial score (nSPS) is 22.8. The van der Waals surface area contributed by atoms with Gasteiger partial charge in [-0.2, -0.15) is 0 Å². The van der Waals surface area contributed by atoms with E-state index in [1.807, 2.05) is 24.3 Å². The number of nitrogens with one attached hydrogen (secondary N) is 1. The van der Waals surface area contributed by atoms with Gasteiger partial charge in [0.25, 0.3) is 0 Å². The number of carbonyl (C=O) groups is 1. The molecule has 2 atom stereocenters. The Balaban J connectivity index is 1.85. The summed E-state index contributed by atoms with van der Waals surface area (Å²) in [5.74, 6) is 0.0832. The van der Waals surface area contributed by atoms with Gasteiger partial charge in [0.2, 0.25) is 5.91 Å². The van der Waals surface area contributed by atoms with Crippen LogP contribution in [-0.2, 0) is 11.2 Å².